The maximum absolute atomic E-state index is 12.5. The largest absolute Gasteiger partial charge is 0.480 e. The predicted octanol–water partition coefficient (Wildman–Crippen LogP) is -2.41. The Labute approximate surface area is 175 Å². The topological polar surface area (TPSA) is 191 Å². The first-order chi connectivity index (χ1) is 13.4. The standard InChI is InChI=1S/C17H32N4O7S/c1-5-7(2)11(18)15(25)20-12(8(3)22)16(26)19-10(6-29)14(24)21-13(9(4)23)17(27)28/h7-13,22-23,29H,5-6,18H2,1-4H3,(H,19,26)(H,20,25)(H,21,24)(H,27,28). The van der Waals surface area contributed by atoms with Gasteiger partial charge in [-0.3, -0.25) is 14.4 Å². The molecule has 0 aliphatic carbocycles. The van der Waals surface area contributed by atoms with Gasteiger partial charge in [-0.05, 0) is 19.8 Å². The van der Waals surface area contributed by atoms with Crippen molar-refractivity contribution in [1.29, 1.82) is 0 Å². The van der Waals surface area contributed by atoms with E-state index in [1.54, 1.807) is 6.92 Å². The first kappa shape index (κ1) is 27.1. The molecule has 3 amide bonds. The minimum absolute atomic E-state index is 0.155. The molecule has 0 rings (SSSR count). The van der Waals surface area contributed by atoms with E-state index < -0.39 is 60.1 Å². The van der Waals surface area contributed by atoms with Crippen molar-refractivity contribution in [1.82, 2.24) is 16.0 Å². The highest BCUT2D eigenvalue weighted by Gasteiger charge is 2.33. The number of carbonyl (C=O) groups excluding carboxylic acids is 3. The normalized spacial score (nSPS) is 18.3. The lowest BCUT2D eigenvalue weighted by atomic mass is 9.98. The minimum atomic E-state index is -1.58. The number of carboxylic acid groups (broad SMARTS) is 1. The van der Waals surface area contributed by atoms with E-state index in [9.17, 15) is 29.4 Å². The molecule has 0 saturated carbocycles. The number of aliphatic carboxylic acids is 1. The molecule has 7 atom stereocenters. The Balaban J connectivity index is 5.20. The number of amides is 3. The van der Waals surface area contributed by atoms with Crippen LogP contribution in [0.3, 0.4) is 0 Å². The molecule has 0 radical (unpaired) electrons. The average Bonchev–Trinajstić information content (AvgIpc) is 2.65. The molecule has 11 nitrogen and oxygen atoms in total. The van der Waals surface area contributed by atoms with E-state index in [2.05, 4.69) is 28.6 Å². The fourth-order valence-corrected chi connectivity index (χ4v) is 2.52. The molecule has 0 aliphatic rings. The zero-order valence-electron chi connectivity index (χ0n) is 17.0. The summed E-state index contributed by atoms with van der Waals surface area (Å²) in [6, 6.07) is -5.13. The fourth-order valence-electron chi connectivity index (χ4n) is 2.27. The molecule has 12 heteroatoms. The van der Waals surface area contributed by atoms with E-state index in [-0.39, 0.29) is 11.7 Å². The molecule has 0 bridgehead atoms. The lowest BCUT2D eigenvalue weighted by Crippen LogP contribution is -2.61. The van der Waals surface area contributed by atoms with Gasteiger partial charge in [0.15, 0.2) is 6.04 Å². The molecular weight excluding hydrogens is 404 g/mol. The number of aliphatic hydroxyl groups is 2. The van der Waals surface area contributed by atoms with E-state index in [1.807, 2.05) is 6.92 Å². The lowest BCUT2D eigenvalue weighted by molar-refractivity contribution is -0.145. The third-order valence-corrected chi connectivity index (χ3v) is 4.85. The molecule has 29 heavy (non-hydrogen) atoms. The van der Waals surface area contributed by atoms with E-state index in [4.69, 9.17) is 10.8 Å². The maximum Gasteiger partial charge on any atom is 0.328 e. The molecule has 0 heterocycles. The minimum Gasteiger partial charge on any atom is -0.480 e. The van der Waals surface area contributed by atoms with Gasteiger partial charge in [0.2, 0.25) is 17.7 Å². The van der Waals surface area contributed by atoms with Gasteiger partial charge in [0.25, 0.3) is 0 Å². The SMILES string of the molecule is CCC(C)C(N)C(=O)NC(C(=O)NC(CS)C(=O)NC(C(=O)O)C(C)O)C(C)O. The van der Waals surface area contributed by atoms with Crippen LogP contribution in [0.5, 0.6) is 0 Å². The summed E-state index contributed by atoms with van der Waals surface area (Å²) in [5.41, 5.74) is 5.83. The highest BCUT2D eigenvalue weighted by molar-refractivity contribution is 7.80. The Morgan fingerprint density at radius 2 is 1.38 bits per heavy atom. The van der Waals surface area contributed by atoms with Crippen LogP contribution < -0.4 is 21.7 Å². The summed E-state index contributed by atoms with van der Waals surface area (Å²) in [5.74, 6) is -4.21. The van der Waals surface area contributed by atoms with Crippen LogP contribution in [0.15, 0.2) is 0 Å². The number of carboxylic acids is 1. The maximum atomic E-state index is 12.5. The van der Waals surface area contributed by atoms with Crippen LogP contribution >= 0.6 is 12.6 Å². The Kier molecular flexibility index (Phi) is 11.8. The molecule has 0 aromatic rings. The van der Waals surface area contributed by atoms with Crippen molar-refractivity contribution >= 4 is 36.3 Å². The number of carbonyl (C=O) groups is 4. The highest BCUT2D eigenvalue weighted by atomic mass is 32.1. The molecule has 0 spiro atoms. The van der Waals surface area contributed by atoms with Crippen LogP contribution in [-0.2, 0) is 19.2 Å². The molecule has 0 saturated heterocycles. The molecule has 0 aromatic heterocycles. The zero-order valence-corrected chi connectivity index (χ0v) is 17.8. The van der Waals surface area contributed by atoms with Crippen molar-refractivity contribution in [2.75, 3.05) is 5.75 Å². The summed E-state index contributed by atoms with van der Waals surface area (Å²) in [5, 5.41) is 35.1. The molecular formula is C17H32N4O7S. The average molecular weight is 437 g/mol. The van der Waals surface area contributed by atoms with Crippen LogP contribution in [0.1, 0.15) is 34.1 Å². The molecule has 168 valence electrons. The monoisotopic (exact) mass is 436 g/mol. The number of aliphatic hydroxyl groups excluding tert-OH is 2. The number of hydrogen-bond acceptors (Lipinski definition) is 8. The Morgan fingerprint density at radius 3 is 1.76 bits per heavy atom. The van der Waals surface area contributed by atoms with E-state index in [0.717, 1.165) is 0 Å². The Hall–Kier alpha value is -1.89. The van der Waals surface area contributed by atoms with Gasteiger partial charge in [-0.15, -0.1) is 0 Å². The number of thiol groups is 1. The first-order valence-corrected chi connectivity index (χ1v) is 9.86. The van der Waals surface area contributed by atoms with Gasteiger partial charge >= 0.3 is 5.97 Å². The van der Waals surface area contributed by atoms with Crippen LogP contribution in [0, 0.1) is 5.92 Å². The van der Waals surface area contributed by atoms with Crippen molar-refractivity contribution in [3.05, 3.63) is 0 Å². The smallest absolute Gasteiger partial charge is 0.328 e. The summed E-state index contributed by atoms with van der Waals surface area (Å²) < 4.78 is 0. The van der Waals surface area contributed by atoms with Crippen molar-refractivity contribution in [2.24, 2.45) is 11.7 Å². The van der Waals surface area contributed by atoms with E-state index in [0.29, 0.717) is 6.42 Å². The number of nitrogens with two attached hydrogens (primary N) is 1. The summed E-state index contributed by atoms with van der Waals surface area (Å²) in [6.45, 7) is 6.09. The Morgan fingerprint density at radius 1 is 0.897 bits per heavy atom. The second-order valence-corrected chi connectivity index (χ2v) is 7.31. The zero-order chi connectivity index (χ0) is 22.9. The summed E-state index contributed by atoms with van der Waals surface area (Å²) in [7, 11) is 0. The molecule has 8 N–H and O–H groups in total. The summed E-state index contributed by atoms with van der Waals surface area (Å²) in [6.07, 6.45) is -2.04. The molecule has 0 aliphatic heterocycles. The molecule has 7 unspecified atom stereocenters. The number of rotatable bonds is 12. The number of nitrogens with one attached hydrogen (secondary N) is 3. The lowest BCUT2D eigenvalue weighted by Gasteiger charge is -2.27. The third kappa shape index (κ3) is 8.56. The third-order valence-electron chi connectivity index (χ3n) is 4.48. The number of hydrogen-bond donors (Lipinski definition) is 8. The van der Waals surface area contributed by atoms with Crippen LogP contribution in [0.2, 0.25) is 0 Å². The second-order valence-electron chi connectivity index (χ2n) is 6.95. The summed E-state index contributed by atoms with van der Waals surface area (Å²) in [4.78, 5) is 48.1. The van der Waals surface area contributed by atoms with Gasteiger partial charge in [-0.25, -0.2) is 4.79 Å². The van der Waals surface area contributed by atoms with Crippen LogP contribution in [0.25, 0.3) is 0 Å². The van der Waals surface area contributed by atoms with Gasteiger partial charge in [-0.1, -0.05) is 20.3 Å². The van der Waals surface area contributed by atoms with Gasteiger partial charge < -0.3 is 37.0 Å². The van der Waals surface area contributed by atoms with Crippen LogP contribution in [-0.4, -0.2) is 81.1 Å². The quantitative estimate of drug-likeness (QED) is 0.155. The summed E-state index contributed by atoms with van der Waals surface area (Å²) >= 11 is 3.96. The highest BCUT2D eigenvalue weighted by Crippen LogP contribution is 2.06. The van der Waals surface area contributed by atoms with Crippen molar-refractivity contribution in [2.45, 2.75) is 70.5 Å². The van der Waals surface area contributed by atoms with Gasteiger partial charge in [0.05, 0.1) is 18.2 Å². The fraction of sp³-hybridized carbons (Fsp3) is 0.765. The first-order valence-electron chi connectivity index (χ1n) is 9.23. The van der Waals surface area contributed by atoms with E-state index in [1.165, 1.54) is 13.8 Å². The predicted molar refractivity (Wildman–Crippen MR) is 108 cm³/mol. The van der Waals surface area contributed by atoms with E-state index >= 15 is 0 Å². The molecule has 0 aromatic carbocycles. The van der Waals surface area contributed by atoms with Crippen LogP contribution in [0.4, 0.5) is 0 Å². The second kappa shape index (κ2) is 12.6. The molecule has 0 fully saturated rings. The Bertz CT molecular complexity index is 588. The van der Waals surface area contributed by atoms with Crippen molar-refractivity contribution < 1.29 is 34.5 Å². The van der Waals surface area contributed by atoms with Gasteiger partial charge in [0.1, 0.15) is 12.1 Å². The van der Waals surface area contributed by atoms with Gasteiger partial charge in [0, 0.05) is 5.75 Å². The van der Waals surface area contributed by atoms with Crippen molar-refractivity contribution in [3.8, 4) is 0 Å². The van der Waals surface area contributed by atoms with Gasteiger partial charge in [-0.2, -0.15) is 12.6 Å². The van der Waals surface area contributed by atoms with Crippen molar-refractivity contribution in [3.63, 3.8) is 0 Å².